The van der Waals surface area contributed by atoms with Crippen LogP contribution in [0.25, 0.3) is 0 Å². The van der Waals surface area contributed by atoms with Crippen molar-refractivity contribution in [2.24, 2.45) is 0 Å². The maximum absolute atomic E-state index is 11.9. The van der Waals surface area contributed by atoms with Gasteiger partial charge in [-0.15, -0.1) is 0 Å². The fourth-order valence-corrected chi connectivity index (χ4v) is 2.29. The van der Waals surface area contributed by atoms with E-state index in [1.165, 1.54) is 4.90 Å². The Morgan fingerprint density at radius 3 is 2.50 bits per heavy atom. The zero-order valence-electron chi connectivity index (χ0n) is 12.2. The number of hydrogen-bond donors (Lipinski definition) is 0. The molecule has 0 bridgehead atoms. The van der Waals surface area contributed by atoms with Crippen molar-refractivity contribution in [2.75, 3.05) is 26.7 Å². The van der Waals surface area contributed by atoms with E-state index >= 15 is 0 Å². The van der Waals surface area contributed by atoms with Gasteiger partial charge >= 0.3 is 6.03 Å². The maximum atomic E-state index is 11.9. The Morgan fingerprint density at radius 1 is 1.20 bits per heavy atom. The van der Waals surface area contributed by atoms with Crippen molar-refractivity contribution in [2.45, 2.75) is 20.3 Å². The van der Waals surface area contributed by atoms with Gasteiger partial charge in [0.1, 0.15) is 12.4 Å². The summed E-state index contributed by atoms with van der Waals surface area (Å²) in [5.41, 5.74) is 2.11. The van der Waals surface area contributed by atoms with Crippen molar-refractivity contribution in [3.63, 3.8) is 0 Å². The molecule has 1 fully saturated rings. The maximum Gasteiger partial charge on any atom is 0.326 e. The van der Waals surface area contributed by atoms with Gasteiger partial charge in [0, 0.05) is 20.0 Å². The Kier molecular flexibility index (Phi) is 4.27. The number of para-hydroxylation sites is 1. The van der Waals surface area contributed by atoms with Gasteiger partial charge in [0.05, 0.1) is 6.54 Å². The lowest BCUT2D eigenvalue weighted by Crippen LogP contribution is -2.51. The molecule has 0 aromatic heterocycles. The molecule has 1 aliphatic rings. The molecule has 3 amide bonds. The van der Waals surface area contributed by atoms with Gasteiger partial charge in [-0.05, 0) is 25.0 Å². The van der Waals surface area contributed by atoms with E-state index in [1.54, 1.807) is 11.9 Å². The van der Waals surface area contributed by atoms with Crippen LogP contribution in [0.4, 0.5) is 4.79 Å². The normalized spacial score (nSPS) is 15.8. The van der Waals surface area contributed by atoms with E-state index in [-0.39, 0.29) is 18.5 Å². The van der Waals surface area contributed by atoms with Gasteiger partial charge in [0.25, 0.3) is 0 Å². The molecule has 0 atom stereocenters. The molecule has 20 heavy (non-hydrogen) atoms. The van der Waals surface area contributed by atoms with Crippen LogP contribution in [0.1, 0.15) is 17.5 Å². The molecular formula is C15H20N2O3. The van der Waals surface area contributed by atoms with Crippen LogP contribution in [0.2, 0.25) is 0 Å². The van der Waals surface area contributed by atoms with E-state index in [0.717, 1.165) is 16.9 Å². The summed E-state index contributed by atoms with van der Waals surface area (Å²) in [6.45, 7) is 5.05. The van der Waals surface area contributed by atoms with E-state index in [0.29, 0.717) is 19.6 Å². The Labute approximate surface area is 119 Å². The molecule has 2 rings (SSSR count). The number of ether oxygens (including phenoxy) is 1. The van der Waals surface area contributed by atoms with Crippen LogP contribution < -0.4 is 4.74 Å². The number of nitrogens with zero attached hydrogens (tertiary/aromatic N) is 2. The summed E-state index contributed by atoms with van der Waals surface area (Å²) in [6, 6.07) is 5.69. The Morgan fingerprint density at radius 2 is 1.85 bits per heavy atom. The van der Waals surface area contributed by atoms with Crippen LogP contribution in [-0.4, -0.2) is 48.5 Å². The number of rotatable bonds is 4. The predicted molar refractivity (Wildman–Crippen MR) is 75.8 cm³/mol. The van der Waals surface area contributed by atoms with Crippen molar-refractivity contribution in [1.82, 2.24) is 9.80 Å². The third-order valence-electron chi connectivity index (χ3n) is 3.49. The van der Waals surface area contributed by atoms with Crippen molar-refractivity contribution < 1.29 is 14.3 Å². The number of urea groups is 1. The minimum atomic E-state index is -0.244. The third-order valence-corrected chi connectivity index (χ3v) is 3.49. The third kappa shape index (κ3) is 2.92. The molecule has 0 radical (unpaired) electrons. The van der Waals surface area contributed by atoms with Gasteiger partial charge in [0.15, 0.2) is 0 Å². The first-order chi connectivity index (χ1) is 9.50. The largest absolute Gasteiger partial charge is 0.491 e. The number of benzene rings is 1. The topological polar surface area (TPSA) is 49.9 Å². The summed E-state index contributed by atoms with van der Waals surface area (Å²) in [5, 5.41) is 0. The lowest BCUT2D eigenvalue weighted by atomic mass is 10.1. The zero-order chi connectivity index (χ0) is 14.7. The first-order valence-electron chi connectivity index (χ1n) is 6.75. The van der Waals surface area contributed by atoms with Crippen molar-refractivity contribution >= 4 is 11.9 Å². The number of imide groups is 1. The molecule has 1 aromatic rings. The van der Waals surface area contributed by atoms with E-state index in [2.05, 4.69) is 0 Å². The van der Waals surface area contributed by atoms with Crippen LogP contribution in [0.15, 0.2) is 18.2 Å². The van der Waals surface area contributed by atoms with Crippen LogP contribution in [0.5, 0.6) is 5.75 Å². The molecule has 1 saturated heterocycles. The van der Waals surface area contributed by atoms with Gasteiger partial charge in [-0.25, -0.2) is 4.79 Å². The van der Waals surface area contributed by atoms with Gasteiger partial charge < -0.3 is 9.64 Å². The summed E-state index contributed by atoms with van der Waals surface area (Å²) in [6.07, 6.45) is 0.381. The second kappa shape index (κ2) is 5.94. The first kappa shape index (κ1) is 14.4. The number of carbonyl (C=O) groups excluding carboxylic acids is 2. The van der Waals surface area contributed by atoms with Gasteiger partial charge in [0.2, 0.25) is 5.91 Å². The fourth-order valence-electron chi connectivity index (χ4n) is 2.29. The Bertz CT molecular complexity index is 508. The average molecular weight is 276 g/mol. The minimum Gasteiger partial charge on any atom is -0.491 e. The lowest BCUT2D eigenvalue weighted by Gasteiger charge is -2.31. The quantitative estimate of drug-likeness (QED) is 0.844. The number of carbonyl (C=O) groups is 2. The highest BCUT2D eigenvalue weighted by atomic mass is 16.5. The Balaban J connectivity index is 1.95. The molecule has 0 spiro atoms. The summed E-state index contributed by atoms with van der Waals surface area (Å²) >= 11 is 0. The van der Waals surface area contributed by atoms with Gasteiger partial charge in [-0.2, -0.15) is 0 Å². The van der Waals surface area contributed by atoms with E-state index in [9.17, 15) is 9.59 Å². The highest BCUT2D eigenvalue weighted by Crippen LogP contribution is 2.22. The molecule has 5 nitrogen and oxygen atoms in total. The molecule has 1 aromatic carbocycles. The van der Waals surface area contributed by atoms with E-state index in [4.69, 9.17) is 4.74 Å². The van der Waals surface area contributed by atoms with E-state index in [1.807, 2.05) is 32.0 Å². The highest BCUT2D eigenvalue weighted by molar-refractivity contribution is 5.96. The molecule has 0 aliphatic carbocycles. The number of amides is 3. The SMILES string of the molecule is Cc1cccc(C)c1OCCN1C(=O)CCN(C)C1=O. The van der Waals surface area contributed by atoms with Crippen LogP contribution in [-0.2, 0) is 4.79 Å². The standard InChI is InChI=1S/C15H20N2O3/c1-11-5-4-6-12(2)14(11)20-10-9-17-13(18)7-8-16(3)15(17)19/h4-6H,7-10H2,1-3H3. The van der Waals surface area contributed by atoms with Crippen LogP contribution in [0, 0.1) is 13.8 Å². The minimum absolute atomic E-state index is 0.127. The molecule has 5 heteroatoms. The molecule has 1 heterocycles. The summed E-state index contributed by atoms with van der Waals surface area (Å²) in [5.74, 6) is 0.705. The molecule has 0 unspecified atom stereocenters. The average Bonchev–Trinajstić information content (AvgIpc) is 2.41. The van der Waals surface area contributed by atoms with Crippen molar-refractivity contribution in [3.05, 3.63) is 29.3 Å². The molecule has 108 valence electrons. The number of aryl methyl sites for hydroxylation is 2. The number of hydrogen-bond acceptors (Lipinski definition) is 3. The smallest absolute Gasteiger partial charge is 0.326 e. The van der Waals surface area contributed by atoms with Crippen molar-refractivity contribution in [3.8, 4) is 5.75 Å². The second-order valence-electron chi connectivity index (χ2n) is 5.07. The summed E-state index contributed by atoms with van der Waals surface area (Å²) in [4.78, 5) is 26.5. The summed E-state index contributed by atoms with van der Waals surface area (Å²) < 4.78 is 5.74. The van der Waals surface area contributed by atoms with Gasteiger partial charge in [-0.1, -0.05) is 18.2 Å². The fraction of sp³-hybridized carbons (Fsp3) is 0.467. The highest BCUT2D eigenvalue weighted by Gasteiger charge is 2.29. The van der Waals surface area contributed by atoms with Gasteiger partial charge in [-0.3, -0.25) is 9.69 Å². The first-order valence-corrected chi connectivity index (χ1v) is 6.75. The molecule has 0 saturated carbocycles. The molecule has 0 N–H and O–H groups in total. The Hall–Kier alpha value is -2.04. The zero-order valence-corrected chi connectivity index (χ0v) is 12.2. The lowest BCUT2D eigenvalue weighted by molar-refractivity contribution is -0.131. The molecular weight excluding hydrogens is 256 g/mol. The van der Waals surface area contributed by atoms with E-state index < -0.39 is 0 Å². The monoisotopic (exact) mass is 276 g/mol. The van der Waals surface area contributed by atoms with Crippen LogP contribution in [0.3, 0.4) is 0 Å². The van der Waals surface area contributed by atoms with Crippen LogP contribution >= 0.6 is 0 Å². The summed E-state index contributed by atoms with van der Waals surface area (Å²) in [7, 11) is 1.70. The second-order valence-corrected chi connectivity index (χ2v) is 5.07. The van der Waals surface area contributed by atoms with Crippen molar-refractivity contribution in [1.29, 1.82) is 0 Å². The molecule has 1 aliphatic heterocycles. The predicted octanol–water partition coefficient (Wildman–Crippen LogP) is 1.97.